The average molecular weight is 2030 g/mol. The van der Waals surface area contributed by atoms with E-state index in [1.807, 2.05) is 200 Å². The Labute approximate surface area is 833 Å². The second-order valence-corrected chi connectivity index (χ2v) is 40.4. The van der Waals surface area contributed by atoms with Crippen LogP contribution in [0, 0.1) is 46.1 Å². The van der Waals surface area contributed by atoms with Gasteiger partial charge in [0.1, 0.15) is 18.1 Å². The Morgan fingerprint density at radius 3 is 1.21 bits per heavy atom. The molecule has 0 aliphatic carbocycles. The van der Waals surface area contributed by atoms with Crippen molar-refractivity contribution in [3.63, 3.8) is 0 Å². The monoisotopic (exact) mass is 2030 g/mol. The fourth-order valence-electron chi connectivity index (χ4n) is 18.3. The highest BCUT2D eigenvalue weighted by Crippen LogP contribution is 2.39. The van der Waals surface area contributed by atoms with Crippen molar-refractivity contribution in [1.29, 1.82) is 0 Å². The number of nitrogens with zero attached hydrogens (tertiary/aromatic N) is 12. The minimum absolute atomic E-state index is 0.00306. The van der Waals surface area contributed by atoms with Crippen LogP contribution >= 0.6 is 58.0 Å². The topological polar surface area (TPSA) is 381 Å². The Balaban J connectivity index is 0.000000159. The number of thiazole rings is 4. The molecule has 8 amide bonds. The van der Waals surface area contributed by atoms with Crippen molar-refractivity contribution in [1.82, 2.24) is 65.4 Å². The lowest BCUT2D eigenvalue weighted by molar-refractivity contribution is -0.179. The van der Waals surface area contributed by atoms with Crippen molar-refractivity contribution in [2.45, 2.75) is 224 Å². The number of carbonyl (C=O) groups is 10. The van der Waals surface area contributed by atoms with Crippen LogP contribution in [0.5, 0.6) is 0 Å². The molecule has 6 aliphatic heterocycles. The maximum atomic E-state index is 14.0. The van der Waals surface area contributed by atoms with E-state index in [0.717, 1.165) is 115 Å². The minimum Gasteiger partial charge on any atom is -0.391 e. The molecule has 16 rings (SSSR count). The van der Waals surface area contributed by atoms with Gasteiger partial charge in [0.15, 0.2) is 23.4 Å². The number of amidine groups is 1. The van der Waals surface area contributed by atoms with E-state index in [1.165, 1.54) is 22.7 Å². The molecule has 4 fully saturated rings. The molecule has 0 spiro atoms. The maximum Gasteiger partial charge on any atom is 0.417 e. The molecule has 40 heteroatoms. The first-order chi connectivity index (χ1) is 67.1. The third kappa shape index (κ3) is 25.6. The Bertz CT molecular complexity index is 6250. The van der Waals surface area contributed by atoms with Gasteiger partial charge < -0.3 is 61.1 Å². The number of halogens is 6. The molecular formula is C101H110F6N16O13S5. The van der Waals surface area contributed by atoms with Crippen LogP contribution in [-0.2, 0) is 77.4 Å². The number of aromatic nitrogens is 4. The summed E-state index contributed by atoms with van der Waals surface area (Å²) in [6.45, 7) is 25.0. The second-order valence-electron chi connectivity index (χ2n) is 36.3. The summed E-state index contributed by atoms with van der Waals surface area (Å²) in [5.41, 5.74) is 29.7. The number of carbonyl (C=O) groups excluding carboxylic acids is 10. The fraction of sp³-hybridized carbons (Fsp3) is 0.406. The number of likely N-dealkylation sites (tertiary alicyclic amines) is 4. The van der Waals surface area contributed by atoms with Crippen molar-refractivity contribution >= 4 is 123 Å². The molecule has 0 bridgehead atoms. The van der Waals surface area contributed by atoms with Crippen LogP contribution in [0.2, 0.25) is 0 Å². The number of ketones is 2. The molecule has 2 unspecified atom stereocenters. The number of fused-ring (bicyclic) bond motifs is 2. The number of aliphatic imine (C=N–C) groups is 1. The van der Waals surface area contributed by atoms with Gasteiger partial charge >= 0.3 is 12.4 Å². The number of hydrogen-bond donors (Lipinski definition) is 8. The highest BCUT2D eigenvalue weighted by molar-refractivity contribution is 7.81. The normalized spacial score (nSPS) is 19.7. The molecular weight excluding hydrogens is 1920 g/mol. The number of alkyl halides is 6. The Hall–Kier alpha value is -12.3. The number of Topliss-reactive ketones (excluding diaryl/α,β-unsaturated/α-hetero) is 2. The number of aryl methyl sites for hydroxylation is 6. The number of β-amino-alcohol motifs (C(OH)–C–C–N with tert-alkyl or cyclic N) is 3. The molecule has 29 nitrogen and oxygen atoms in total. The van der Waals surface area contributed by atoms with Gasteiger partial charge in [0, 0.05) is 101 Å². The summed E-state index contributed by atoms with van der Waals surface area (Å²) >= 11 is 10.9. The van der Waals surface area contributed by atoms with E-state index in [4.69, 9.17) is 12.3 Å². The number of aliphatic hydroxyl groups is 3. The smallest absolute Gasteiger partial charge is 0.391 e. The third-order valence-electron chi connectivity index (χ3n) is 25.5. The molecule has 12 atom stereocenters. The van der Waals surface area contributed by atoms with Crippen molar-refractivity contribution in [3.8, 4) is 41.8 Å². The van der Waals surface area contributed by atoms with E-state index in [2.05, 4.69) is 53.3 Å². The standard InChI is InChI=1S/C30H32N6O3S.C29H32N4O3S2.C22H24F3N3O4S.C20H22F3N3O3S/c1-18(2)26(36-15-22-7-5-6-8-24(22)29(36)38)30(39)35-16-23(37)13-25(35)28(34-31-4)32-14-20-9-11-21(12-10-20)27-19(3)33-17-40-27;1-17(2)25(33-14-21-6-4-5-7-23(21)28(33)35)29(36)32-15-22(37)12-24(32)27(34)30-13-19-8-10-20(11-9-19)26-18(3)31-16-38-26;1-12-19(33-11-26-12)15-6-3-14(4-7-15)5-8-18(31)17-9-16(30)10-28(17)21(32)20(22(23,24)25)27-13(2)29;1-11-17(30-10-25-11)13-5-2-12(3-6-13)4-7-16(28)15-8-14(27)9-26(15)19(29)18(24)20(21,22)23/h5-12,17-18,23,25-26,37H,13-16H2,1-3H3,(H,32,34);4-11,16-17,22,24-25,37H,12-15H2,1-3H3,(H,30,34);3-4,6-7,11,16-17,20,30H,5,8-10H2,1-2H3,(H,27,29);2-3,5-6,10,14-15,18,27H,4,7-9,24H2,1H3/t23-,25+,26+;22-,24+,25+;16-,17+,20?;14-,15+,18?/m1111/s1. The van der Waals surface area contributed by atoms with Crippen LogP contribution in [-0.4, -0.2) is 240 Å². The molecule has 10 aromatic rings. The highest BCUT2D eigenvalue weighted by Gasteiger charge is 2.53. The van der Waals surface area contributed by atoms with Gasteiger partial charge in [0.2, 0.25) is 35.6 Å². The quantitative estimate of drug-likeness (QED) is 0.00592. The lowest BCUT2D eigenvalue weighted by atomic mass is 10.00. The molecule has 6 aliphatic rings. The molecule has 744 valence electrons. The largest absolute Gasteiger partial charge is 0.417 e. The van der Waals surface area contributed by atoms with E-state index in [-0.39, 0.29) is 91.8 Å². The zero-order valence-electron chi connectivity index (χ0n) is 78.8. The van der Waals surface area contributed by atoms with Crippen LogP contribution in [0.3, 0.4) is 0 Å². The first-order valence-electron chi connectivity index (χ1n) is 45.9. The van der Waals surface area contributed by atoms with Gasteiger partial charge in [-0.1, -0.05) is 167 Å². The zero-order valence-corrected chi connectivity index (χ0v) is 82.9. The van der Waals surface area contributed by atoms with Crippen LogP contribution < -0.4 is 21.8 Å². The number of nitrogens with one attached hydrogen (secondary N) is 3. The summed E-state index contributed by atoms with van der Waals surface area (Å²) in [6.07, 6.45) is -11.6. The maximum absolute atomic E-state index is 14.0. The van der Waals surface area contributed by atoms with Gasteiger partial charge in [0.25, 0.3) is 17.7 Å². The Kier molecular flexibility index (Phi) is 35.0. The number of benzene rings is 6. The number of hydrogen-bond acceptors (Lipinski definition) is 24. The van der Waals surface area contributed by atoms with Gasteiger partial charge in [0.05, 0.1) is 107 Å². The molecule has 4 saturated heterocycles. The SMILES string of the molecule is CC(=O)NC(C(=O)N1C[C@H](O)C[C@H]1C(=O)CCc1ccc(-c2scnc2C)cc1)C(F)(F)F.Cc1ncsc1-c1ccc(CCC(=O)[C@@H]2C[C@@H](O)CN2C(=O)C(N)C(F)(F)F)cc1.Cc1ncsc1-c1ccc(CNC(=O)[C@@H]2C[C@@H](S)CN2C(=O)[C@H](C(C)C)N2Cc3ccccc3C2=O)cc1.[C-]#[N+]NC(=NCc1ccc(-c2scnc2C)cc1)[C@@H]1C[C@@H](O)CN1C(=O)[C@H](C(C)C)N1Cc2ccccc2C1=O. The lowest BCUT2D eigenvalue weighted by Gasteiger charge is -2.35. The summed E-state index contributed by atoms with van der Waals surface area (Å²) < 4.78 is 78.3. The van der Waals surface area contributed by atoms with Crippen molar-refractivity contribution < 1.29 is 89.6 Å². The molecule has 141 heavy (non-hydrogen) atoms. The predicted molar refractivity (Wildman–Crippen MR) is 527 cm³/mol. The Morgan fingerprint density at radius 2 is 0.858 bits per heavy atom. The van der Waals surface area contributed by atoms with Gasteiger partial charge in [-0.15, -0.1) is 45.3 Å². The summed E-state index contributed by atoms with van der Waals surface area (Å²) in [6, 6.07) is 35.9. The average Bonchev–Trinajstić information content (AvgIpc) is 1.63. The number of rotatable bonds is 27. The third-order valence-corrected chi connectivity index (χ3v) is 29.8. The number of aliphatic hydroxyl groups excluding tert-OH is 3. The van der Waals surface area contributed by atoms with Gasteiger partial charge in [-0.2, -0.15) is 50.5 Å². The van der Waals surface area contributed by atoms with E-state index < -0.39 is 115 Å². The first kappa shape index (κ1) is 106. The number of amides is 8. The molecule has 6 aromatic carbocycles. The van der Waals surface area contributed by atoms with Crippen LogP contribution in [0.25, 0.3) is 46.7 Å². The first-order valence-corrected chi connectivity index (χ1v) is 50.0. The van der Waals surface area contributed by atoms with Gasteiger partial charge in [-0.05, 0) is 127 Å². The zero-order chi connectivity index (χ0) is 102. The van der Waals surface area contributed by atoms with E-state index in [1.54, 1.807) is 70.7 Å². The lowest BCUT2D eigenvalue weighted by Crippen LogP contribution is -2.57. The molecule has 8 N–H and O–H groups in total. The van der Waals surface area contributed by atoms with Crippen LogP contribution in [0.15, 0.2) is 173 Å². The van der Waals surface area contributed by atoms with Crippen LogP contribution in [0.4, 0.5) is 26.3 Å². The predicted octanol–water partition coefficient (Wildman–Crippen LogP) is 13.5. The number of thiol groups is 1. The van der Waals surface area contributed by atoms with Crippen molar-refractivity contribution in [3.05, 3.63) is 246 Å². The molecule has 0 radical (unpaired) electrons. The fourth-order valence-corrected chi connectivity index (χ4v) is 22.0. The highest BCUT2D eigenvalue weighted by atomic mass is 32.1. The summed E-state index contributed by atoms with van der Waals surface area (Å²) in [7, 11) is 0. The molecule has 0 saturated carbocycles. The van der Waals surface area contributed by atoms with Crippen molar-refractivity contribution in [2.75, 3.05) is 26.2 Å². The summed E-state index contributed by atoms with van der Waals surface area (Å²) in [5, 5.41) is 34.9. The minimum atomic E-state index is -5.03. The van der Waals surface area contributed by atoms with Crippen LogP contribution in [0.1, 0.15) is 150 Å². The Morgan fingerprint density at radius 1 is 0.496 bits per heavy atom. The molecule has 10 heterocycles. The van der Waals surface area contributed by atoms with E-state index >= 15 is 0 Å². The summed E-state index contributed by atoms with van der Waals surface area (Å²) in [5.74, 6) is -5.55. The van der Waals surface area contributed by atoms with E-state index in [0.29, 0.717) is 68.9 Å². The molecule has 4 aromatic heterocycles. The van der Waals surface area contributed by atoms with Gasteiger partial charge in [-0.3, -0.25) is 52.9 Å². The summed E-state index contributed by atoms with van der Waals surface area (Å²) in [4.78, 5) is 166. The van der Waals surface area contributed by atoms with E-state index in [9.17, 15) is 89.6 Å². The van der Waals surface area contributed by atoms with Gasteiger partial charge in [-0.25, -0.2) is 19.9 Å². The second kappa shape index (κ2) is 46.6. The van der Waals surface area contributed by atoms with Crippen molar-refractivity contribution in [2.24, 2.45) is 22.6 Å². The number of nitrogens with two attached hydrogens (primary N) is 1.